The zero-order chi connectivity index (χ0) is 16.6. The summed E-state index contributed by atoms with van der Waals surface area (Å²) in [5.74, 6) is -2.15. The third-order valence-corrected chi connectivity index (χ3v) is 2.68. The van der Waals surface area contributed by atoms with Crippen LogP contribution < -0.4 is 16.4 Å². The van der Waals surface area contributed by atoms with E-state index in [2.05, 4.69) is 10.6 Å². The molecule has 0 saturated heterocycles. The molecule has 1 atom stereocenters. The van der Waals surface area contributed by atoms with Crippen molar-refractivity contribution in [3.8, 4) is 0 Å². The van der Waals surface area contributed by atoms with Gasteiger partial charge >= 0.3 is 0 Å². The molecular weight excluding hydrogens is 276 g/mol. The minimum Gasteiger partial charge on any atom is -0.503 e. The Balaban J connectivity index is 5.99. The van der Waals surface area contributed by atoms with Crippen LogP contribution in [0.2, 0.25) is 0 Å². The summed E-state index contributed by atoms with van der Waals surface area (Å²) in [5, 5.41) is 15.0. The molecule has 0 aliphatic heterocycles. The van der Waals surface area contributed by atoms with Gasteiger partial charge in [0.1, 0.15) is 0 Å². The molecule has 0 heterocycles. The number of nitrogens with one attached hydrogen (secondary N) is 2. The number of amides is 2. The molecule has 0 saturated carbocycles. The number of nitrogens with zero attached hydrogens (tertiary/aromatic N) is 1. The molecule has 0 aromatic rings. The fourth-order valence-electron chi connectivity index (χ4n) is 1.79. The summed E-state index contributed by atoms with van der Waals surface area (Å²) in [6.07, 6.45) is 1.99. The van der Waals surface area contributed by atoms with Crippen LogP contribution in [0.4, 0.5) is 0 Å². The van der Waals surface area contributed by atoms with Crippen LogP contribution in [0.5, 0.6) is 0 Å². The second-order valence-electron chi connectivity index (χ2n) is 4.53. The molecule has 8 heteroatoms. The summed E-state index contributed by atoms with van der Waals surface area (Å²) in [6.45, 7) is 3.73. The fourth-order valence-corrected chi connectivity index (χ4v) is 1.79. The minimum absolute atomic E-state index is 0.00775. The third-order valence-electron chi connectivity index (χ3n) is 2.68. The van der Waals surface area contributed by atoms with Crippen molar-refractivity contribution in [2.75, 3.05) is 14.1 Å². The van der Waals surface area contributed by atoms with Crippen molar-refractivity contribution in [3.63, 3.8) is 0 Å². The topological polar surface area (TPSA) is 125 Å². The van der Waals surface area contributed by atoms with Crippen LogP contribution in [-0.4, -0.2) is 48.4 Å². The van der Waals surface area contributed by atoms with E-state index in [1.54, 1.807) is 7.05 Å². The number of aliphatic hydroxyl groups is 1. The van der Waals surface area contributed by atoms with Crippen LogP contribution in [0.25, 0.3) is 0 Å². The Kier molecular flexibility index (Phi) is 7.77. The molecule has 0 aromatic heterocycles. The van der Waals surface area contributed by atoms with Crippen LogP contribution in [0, 0.1) is 5.92 Å². The van der Waals surface area contributed by atoms with E-state index in [4.69, 9.17) is 5.73 Å². The number of primary amides is 1. The van der Waals surface area contributed by atoms with Gasteiger partial charge in [-0.15, -0.1) is 0 Å². The second kappa shape index (κ2) is 8.75. The summed E-state index contributed by atoms with van der Waals surface area (Å²) in [4.78, 5) is 35.0. The fraction of sp³-hybridized carbons (Fsp3) is 0.462. The van der Waals surface area contributed by atoms with Gasteiger partial charge in [-0.1, -0.05) is 13.8 Å². The number of aldehydes is 1. The van der Waals surface area contributed by atoms with Crippen molar-refractivity contribution < 1.29 is 19.5 Å². The number of allylic oxidation sites excluding steroid dienone is 1. The molecule has 8 nitrogen and oxygen atoms in total. The lowest BCUT2D eigenvalue weighted by Crippen LogP contribution is -2.47. The van der Waals surface area contributed by atoms with Crippen LogP contribution >= 0.6 is 0 Å². The van der Waals surface area contributed by atoms with E-state index < -0.39 is 23.7 Å². The first-order valence-electron chi connectivity index (χ1n) is 6.33. The van der Waals surface area contributed by atoms with E-state index in [-0.39, 0.29) is 17.9 Å². The van der Waals surface area contributed by atoms with E-state index in [0.717, 1.165) is 6.08 Å². The van der Waals surface area contributed by atoms with Crippen LogP contribution in [-0.2, 0) is 14.4 Å². The average molecular weight is 298 g/mol. The normalized spacial score (nSPS) is 13.8. The summed E-state index contributed by atoms with van der Waals surface area (Å²) in [5.41, 5.74) is 4.77. The van der Waals surface area contributed by atoms with E-state index in [1.165, 1.54) is 18.1 Å². The van der Waals surface area contributed by atoms with Crippen LogP contribution in [0.3, 0.4) is 0 Å². The van der Waals surface area contributed by atoms with Crippen molar-refractivity contribution >= 4 is 18.1 Å². The standard InChI is InChI=1S/C13H22N4O4/c1-8(2)12(15-3)17(6-5-10(14)20)11(9(19)7-18)13(21)16-4/h5-8,12,15,19H,1-4H3,(H2,14,20)(H,16,21)/b6-5+,11-9+. The maximum atomic E-state index is 11.9. The molecule has 0 aliphatic carbocycles. The van der Waals surface area contributed by atoms with Crippen LogP contribution in [0.1, 0.15) is 13.8 Å². The zero-order valence-electron chi connectivity index (χ0n) is 12.6. The van der Waals surface area contributed by atoms with Gasteiger partial charge in [0.2, 0.25) is 5.91 Å². The monoisotopic (exact) mass is 298 g/mol. The lowest BCUT2D eigenvalue weighted by atomic mass is 10.1. The SMILES string of the molecule is CNC(=O)/C(=C(\O)C=O)N(/C=C/C(N)=O)C(NC)C(C)C. The van der Waals surface area contributed by atoms with Gasteiger partial charge in [0.15, 0.2) is 17.7 Å². The highest BCUT2D eigenvalue weighted by atomic mass is 16.3. The van der Waals surface area contributed by atoms with Gasteiger partial charge in [-0.2, -0.15) is 0 Å². The Bertz CT molecular complexity index is 457. The number of carbonyl (C=O) groups excluding carboxylic acids is 3. The molecule has 21 heavy (non-hydrogen) atoms. The Morgan fingerprint density at radius 3 is 2.19 bits per heavy atom. The van der Waals surface area contributed by atoms with E-state index in [9.17, 15) is 19.5 Å². The highest BCUT2D eigenvalue weighted by Crippen LogP contribution is 2.17. The number of hydrogen-bond acceptors (Lipinski definition) is 6. The first-order valence-corrected chi connectivity index (χ1v) is 6.33. The third kappa shape index (κ3) is 5.27. The smallest absolute Gasteiger partial charge is 0.271 e. The van der Waals surface area contributed by atoms with Crippen molar-refractivity contribution in [1.82, 2.24) is 15.5 Å². The Morgan fingerprint density at radius 2 is 1.86 bits per heavy atom. The Labute approximate surface area is 123 Å². The molecule has 0 aromatic carbocycles. The molecule has 0 fully saturated rings. The Hall–Kier alpha value is -2.35. The van der Waals surface area contributed by atoms with Gasteiger partial charge in [-0.25, -0.2) is 0 Å². The molecule has 1 unspecified atom stereocenters. The van der Waals surface area contributed by atoms with Crippen LogP contribution in [0.15, 0.2) is 23.7 Å². The zero-order valence-corrected chi connectivity index (χ0v) is 12.6. The van der Waals surface area contributed by atoms with Gasteiger partial charge in [-0.3, -0.25) is 19.7 Å². The molecule has 5 N–H and O–H groups in total. The first-order chi connectivity index (χ1) is 9.79. The van der Waals surface area contributed by atoms with E-state index in [0.29, 0.717) is 0 Å². The van der Waals surface area contributed by atoms with E-state index in [1.807, 2.05) is 13.8 Å². The van der Waals surface area contributed by atoms with Gasteiger partial charge < -0.3 is 21.1 Å². The molecule has 0 bridgehead atoms. The predicted octanol–water partition coefficient (Wildman–Crippen LogP) is -0.797. The lowest BCUT2D eigenvalue weighted by Gasteiger charge is -2.34. The van der Waals surface area contributed by atoms with Crippen molar-refractivity contribution in [2.24, 2.45) is 11.7 Å². The number of likely N-dealkylation sites (N-methyl/N-ethyl adjacent to an activating group) is 1. The van der Waals surface area contributed by atoms with E-state index >= 15 is 0 Å². The van der Waals surface area contributed by atoms with Gasteiger partial charge in [0, 0.05) is 19.3 Å². The number of rotatable bonds is 8. The number of nitrogens with two attached hydrogens (primary N) is 1. The largest absolute Gasteiger partial charge is 0.503 e. The summed E-state index contributed by atoms with van der Waals surface area (Å²) in [6, 6.07) is 0. The molecule has 0 spiro atoms. The van der Waals surface area contributed by atoms with Crippen molar-refractivity contribution in [2.45, 2.75) is 20.0 Å². The van der Waals surface area contributed by atoms with Crippen molar-refractivity contribution in [1.29, 1.82) is 0 Å². The summed E-state index contributed by atoms with van der Waals surface area (Å²) < 4.78 is 0. The first kappa shape index (κ1) is 18.7. The molecule has 2 amide bonds. The highest BCUT2D eigenvalue weighted by molar-refractivity contribution is 5.97. The van der Waals surface area contributed by atoms with Gasteiger partial charge in [0.05, 0.1) is 6.17 Å². The minimum atomic E-state index is -0.746. The number of carbonyl (C=O) groups is 3. The number of aliphatic hydroxyl groups excluding tert-OH is 1. The number of hydrogen-bond donors (Lipinski definition) is 4. The summed E-state index contributed by atoms with van der Waals surface area (Å²) in [7, 11) is 3.01. The average Bonchev–Trinajstić information content (AvgIpc) is 2.43. The predicted molar refractivity (Wildman–Crippen MR) is 77.6 cm³/mol. The molecule has 0 aliphatic rings. The molecular formula is C13H22N4O4. The quantitative estimate of drug-likeness (QED) is 0.201. The molecule has 0 radical (unpaired) electrons. The van der Waals surface area contributed by atoms with Gasteiger partial charge in [0.25, 0.3) is 5.91 Å². The van der Waals surface area contributed by atoms with Crippen molar-refractivity contribution in [3.05, 3.63) is 23.7 Å². The Morgan fingerprint density at radius 1 is 1.29 bits per heavy atom. The molecule has 118 valence electrons. The highest BCUT2D eigenvalue weighted by Gasteiger charge is 2.27. The summed E-state index contributed by atoms with van der Waals surface area (Å²) >= 11 is 0. The molecule has 0 rings (SSSR count). The maximum Gasteiger partial charge on any atom is 0.271 e. The maximum absolute atomic E-state index is 11.9. The second-order valence-corrected chi connectivity index (χ2v) is 4.53. The van der Waals surface area contributed by atoms with Gasteiger partial charge in [-0.05, 0) is 13.0 Å². The lowest BCUT2D eigenvalue weighted by molar-refractivity contribution is -0.120.